The first-order valence-corrected chi connectivity index (χ1v) is 4.49. The van der Waals surface area contributed by atoms with Crippen LogP contribution in [0, 0.1) is 0 Å². The lowest BCUT2D eigenvalue weighted by atomic mass is 9.97. The molecule has 0 bridgehead atoms. The fraction of sp³-hybridized carbons (Fsp3) is 1.00. The van der Waals surface area contributed by atoms with Gasteiger partial charge >= 0.3 is 0 Å². The SMILES string of the molecule is BC(OC(F)(CO)COC)[C@@H](C)Cl. The highest BCUT2D eigenvalue weighted by molar-refractivity contribution is 6.26. The standard InChI is InChI=1S/C7H15BClFO3/c1-5(9)6(8)13-7(10,3-11)4-12-2/h5-6,11H,3-4,8H2,1-2H3/t5-,6?,7?/m1/s1. The van der Waals surface area contributed by atoms with Crippen molar-refractivity contribution in [2.75, 3.05) is 20.3 Å². The monoisotopic (exact) mass is 212 g/mol. The minimum absolute atomic E-state index is 0.308. The number of hydrogen-bond acceptors (Lipinski definition) is 3. The Morgan fingerprint density at radius 2 is 2.23 bits per heavy atom. The zero-order valence-electron chi connectivity index (χ0n) is 8.09. The molecule has 13 heavy (non-hydrogen) atoms. The van der Waals surface area contributed by atoms with Crippen LogP contribution in [-0.4, -0.2) is 50.5 Å². The molecule has 0 aromatic rings. The normalized spacial score (nSPS) is 20.7. The van der Waals surface area contributed by atoms with Crippen LogP contribution in [0.15, 0.2) is 0 Å². The molecule has 0 heterocycles. The van der Waals surface area contributed by atoms with Gasteiger partial charge in [0, 0.05) is 18.5 Å². The lowest BCUT2D eigenvalue weighted by Gasteiger charge is -2.27. The number of methoxy groups -OCH3 is 1. The van der Waals surface area contributed by atoms with Crippen molar-refractivity contribution in [2.24, 2.45) is 0 Å². The fourth-order valence-electron chi connectivity index (χ4n) is 0.759. The fourth-order valence-corrected chi connectivity index (χ4v) is 0.811. The van der Waals surface area contributed by atoms with E-state index >= 15 is 0 Å². The lowest BCUT2D eigenvalue weighted by Crippen LogP contribution is -2.42. The Bertz CT molecular complexity index is 150. The van der Waals surface area contributed by atoms with E-state index < -0.39 is 18.5 Å². The maximum absolute atomic E-state index is 13.5. The van der Waals surface area contributed by atoms with E-state index in [0.29, 0.717) is 0 Å². The summed E-state index contributed by atoms with van der Waals surface area (Å²) in [6.45, 7) is 0.642. The van der Waals surface area contributed by atoms with E-state index in [-0.39, 0.29) is 12.0 Å². The second kappa shape index (κ2) is 5.80. The maximum atomic E-state index is 13.5. The van der Waals surface area contributed by atoms with Crippen LogP contribution in [0.4, 0.5) is 4.39 Å². The largest absolute Gasteiger partial charge is 0.390 e. The van der Waals surface area contributed by atoms with Gasteiger partial charge in [0.25, 0.3) is 5.85 Å². The van der Waals surface area contributed by atoms with Gasteiger partial charge in [-0.15, -0.1) is 11.6 Å². The minimum Gasteiger partial charge on any atom is -0.390 e. The van der Waals surface area contributed by atoms with Gasteiger partial charge < -0.3 is 14.6 Å². The summed E-state index contributed by atoms with van der Waals surface area (Å²) in [5.41, 5.74) is 0. The molecule has 78 valence electrons. The van der Waals surface area contributed by atoms with E-state index in [1.165, 1.54) is 7.11 Å². The molecule has 3 atom stereocenters. The molecule has 0 amide bonds. The molecular weight excluding hydrogens is 197 g/mol. The molecule has 0 saturated carbocycles. The van der Waals surface area contributed by atoms with Crippen molar-refractivity contribution >= 4 is 19.4 Å². The van der Waals surface area contributed by atoms with Crippen LogP contribution in [0.3, 0.4) is 0 Å². The summed E-state index contributed by atoms with van der Waals surface area (Å²) in [6.07, 6.45) is 0. The summed E-state index contributed by atoms with van der Waals surface area (Å²) < 4.78 is 23.0. The van der Waals surface area contributed by atoms with Crippen molar-refractivity contribution in [1.82, 2.24) is 0 Å². The highest BCUT2D eigenvalue weighted by Gasteiger charge is 2.33. The Morgan fingerprint density at radius 3 is 2.54 bits per heavy atom. The third-order valence-corrected chi connectivity index (χ3v) is 1.99. The number of ether oxygens (including phenoxy) is 2. The van der Waals surface area contributed by atoms with E-state index in [9.17, 15) is 4.39 Å². The van der Waals surface area contributed by atoms with Crippen LogP contribution >= 0.6 is 11.6 Å². The van der Waals surface area contributed by atoms with Gasteiger partial charge in [-0.25, -0.2) is 4.39 Å². The molecule has 0 aromatic carbocycles. The van der Waals surface area contributed by atoms with Gasteiger partial charge in [-0.05, 0) is 6.92 Å². The molecule has 0 aromatic heterocycles. The van der Waals surface area contributed by atoms with E-state index in [2.05, 4.69) is 4.74 Å². The molecule has 0 aliphatic rings. The smallest absolute Gasteiger partial charge is 0.255 e. The summed E-state index contributed by atoms with van der Waals surface area (Å²) in [5, 5.41) is 8.40. The van der Waals surface area contributed by atoms with Crippen molar-refractivity contribution in [2.45, 2.75) is 24.2 Å². The van der Waals surface area contributed by atoms with Gasteiger partial charge in [-0.2, -0.15) is 0 Å². The van der Waals surface area contributed by atoms with Crippen LogP contribution in [0.1, 0.15) is 6.92 Å². The van der Waals surface area contributed by atoms with Crippen LogP contribution in [0.2, 0.25) is 0 Å². The lowest BCUT2D eigenvalue weighted by molar-refractivity contribution is -0.206. The summed E-state index contributed by atoms with van der Waals surface area (Å²) in [5.74, 6) is -2.16. The highest BCUT2D eigenvalue weighted by Crippen LogP contribution is 2.17. The first-order valence-electron chi connectivity index (χ1n) is 4.06. The molecular formula is C7H15BClFO3. The van der Waals surface area contributed by atoms with E-state index in [4.69, 9.17) is 21.4 Å². The van der Waals surface area contributed by atoms with Gasteiger partial charge in [-0.1, -0.05) is 0 Å². The van der Waals surface area contributed by atoms with Gasteiger partial charge in [0.2, 0.25) is 0 Å². The molecule has 3 nitrogen and oxygen atoms in total. The summed E-state index contributed by atoms with van der Waals surface area (Å²) >= 11 is 5.68. The quantitative estimate of drug-likeness (QED) is 0.493. The summed E-state index contributed by atoms with van der Waals surface area (Å²) in [7, 11) is 2.97. The van der Waals surface area contributed by atoms with Gasteiger partial charge in [-0.3, -0.25) is 0 Å². The minimum atomic E-state index is -2.16. The van der Waals surface area contributed by atoms with Gasteiger partial charge in [0.15, 0.2) is 0 Å². The number of hydrogen-bond donors (Lipinski definition) is 1. The highest BCUT2D eigenvalue weighted by atomic mass is 35.5. The summed E-state index contributed by atoms with van der Waals surface area (Å²) in [4.78, 5) is 0. The second-order valence-electron chi connectivity index (χ2n) is 2.97. The molecule has 0 aliphatic heterocycles. The third kappa shape index (κ3) is 4.81. The topological polar surface area (TPSA) is 38.7 Å². The molecule has 6 heteroatoms. The zero-order valence-corrected chi connectivity index (χ0v) is 8.84. The number of alkyl halides is 2. The molecule has 1 N–H and O–H groups in total. The Kier molecular flexibility index (Phi) is 5.88. The van der Waals surface area contributed by atoms with Crippen molar-refractivity contribution in [3.8, 4) is 0 Å². The van der Waals surface area contributed by atoms with Crippen LogP contribution in [-0.2, 0) is 9.47 Å². The van der Waals surface area contributed by atoms with Crippen molar-refractivity contribution in [1.29, 1.82) is 0 Å². The summed E-state index contributed by atoms with van der Waals surface area (Å²) in [6, 6.07) is -0.478. The van der Waals surface area contributed by atoms with E-state index in [0.717, 1.165) is 0 Å². The van der Waals surface area contributed by atoms with Gasteiger partial charge in [0.1, 0.15) is 21.1 Å². The molecule has 0 spiro atoms. The second-order valence-corrected chi connectivity index (χ2v) is 3.66. The number of halogens is 2. The average Bonchev–Trinajstić information content (AvgIpc) is 2.04. The Morgan fingerprint density at radius 1 is 1.69 bits per heavy atom. The third-order valence-electron chi connectivity index (χ3n) is 1.64. The molecule has 2 unspecified atom stereocenters. The first kappa shape index (κ1) is 13.2. The molecule has 0 fully saturated rings. The van der Waals surface area contributed by atoms with Gasteiger partial charge in [0.05, 0.1) is 0 Å². The van der Waals surface area contributed by atoms with E-state index in [1.54, 1.807) is 14.8 Å². The Hall–Kier alpha value is 0.165. The van der Waals surface area contributed by atoms with Crippen molar-refractivity contribution < 1.29 is 19.0 Å². The number of aliphatic hydroxyl groups is 1. The number of rotatable bonds is 6. The first-order chi connectivity index (χ1) is 5.95. The maximum Gasteiger partial charge on any atom is 0.255 e. The van der Waals surface area contributed by atoms with Crippen molar-refractivity contribution in [3.63, 3.8) is 0 Å². The molecule has 0 aliphatic carbocycles. The Balaban J connectivity index is 4.09. The molecule has 0 saturated heterocycles. The average molecular weight is 212 g/mol. The Labute approximate surface area is 83.6 Å². The van der Waals surface area contributed by atoms with Crippen LogP contribution in [0.5, 0.6) is 0 Å². The zero-order chi connectivity index (χ0) is 10.5. The molecule has 0 radical (unpaired) electrons. The van der Waals surface area contributed by atoms with Crippen LogP contribution < -0.4 is 0 Å². The molecule has 0 rings (SSSR count). The van der Waals surface area contributed by atoms with Crippen molar-refractivity contribution in [3.05, 3.63) is 0 Å². The van der Waals surface area contributed by atoms with Crippen LogP contribution in [0.25, 0.3) is 0 Å². The number of aliphatic hydroxyl groups excluding tert-OH is 1. The predicted octanol–water partition coefficient (Wildman–Crippen LogP) is -0.106. The predicted molar refractivity (Wildman–Crippen MR) is 51.5 cm³/mol. The van der Waals surface area contributed by atoms with E-state index in [1.807, 2.05) is 0 Å².